The maximum atomic E-state index is 14.1. The summed E-state index contributed by atoms with van der Waals surface area (Å²) in [6.45, 7) is 0.596. The lowest BCUT2D eigenvalue weighted by Gasteiger charge is -2.55. The van der Waals surface area contributed by atoms with E-state index in [0.29, 0.717) is 11.5 Å². The maximum Gasteiger partial charge on any atom is 0.334 e. The van der Waals surface area contributed by atoms with Gasteiger partial charge in [0.2, 0.25) is 18.6 Å². The van der Waals surface area contributed by atoms with Crippen molar-refractivity contribution in [2.75, 3.05) is 26.4 Å². The second kappa shape index (κ2) is 12.0. The van der Waals surface area contributed by atoms with Crippen LogP contribution in [0.25, 0.3) is 0 Å². The number of piperazine rings is 1. The van der Waals surface area contributed by atoms with Crippen LogP contribution in [0.15, 0.2) is 72.8 Å². The fourth-order valence-corrected chi connectivity index (χ4v) is 5.75. The fourth-order valence-electron chi connectivity index (χ4n) is 5.75. The van der Waals surface area contributed by atoms with Gasteiger partial charge in [0.05, 0.1) is 19.6 Å². The number of fused-ring (bicyclic) bond motifs is 2. The molecule has 6 rings (SSSR count). The van der Waals surface area contributed by atoms with Crippen LogP contribution in [0.3, 0.4) is 0 Å². The number of hydrazine groups is 1. The van der Waals surface area contributed by atoms with Crippen LogP contribution in [0.5, 0.6) is 17.2 Å². The van der Waals surface area contributed by atoms with Crippen molar-refractivity contribution in [3.8, 4) is 29.6 Å². The van der Waals surface area contributed by atoms with Gasteiger partial charge in [0.1, 0.15) is 18.0 Å². The first kappa shape index (κ1) is 27.9. The summed E-state index contributed by atoms with van der Waals surface area (Å²) >= 11 is 0. The number of carbonyl (C=O) groups is 3. The minimum Gasteiger partial charge on any atom is -0.508 e. The summed E-state index contributed by atoms with van der Waals surface area (Å²) in [5, 5.41) is 15.8. The molecule has 1 unspecified atom stereocenters. The third kappa shape index (κ3) is 5.78. The second-order valence-corrected chi connectivity index (χ2v) is 10.6. The van der Waals surface area contributed by atoms with Crippen LogP contribution in [0.1, 0.15) is 16.7 Å². The van der Waals surface area contributed by atoms with E-state index in [-0.39, 0.29) is 63.5 Å². The summed E-state index contributed by atoms with van der Waals surface area (Å²) in [6.07, 6.45) is 5.05. The zero-order valence-corrected chi connectivity index (χ0v) is 23.4. The number of phenolic OH excluding ortho intramolecular Hbond substituents is 1. The molecule has 0 saturated carbocycles. The molecule has 4 amide bonds. The van der Waals surface area contributed by atoms with Gasteiger partial charge in [0, 0.05) is 19.5 Å². The summed E-state index contributed by atoms with van der Waals surface area (Å²) in [5.74, 6) is 3.34. The van der Waals surface area contributed by atoms with E-state index in [1.807, 2.05) is 42.5 Å². The van der Waals surface area contributed by atoms with E-state index in [1.165, 1.54) is 9.91 Å². The number of rotatable bonds is 7. The van der Waals surface area contributed by atoms with Crippen LogP contribution in [0.4, 0.5) is 4.79 Å². The standard InChI is InChI=1S/C32H31N5O6/c1-2-14-35-20-30(39)36-26(15-22-8-11-25(38)12-9-22)31(40)34(18-24-10-13-27-28(16-24)43-21-42-27)19-29(36)37(35)32(41)33-17-23-6-4-3-5-7-23/h1,3-13,16,26,29,38H,14-15,17-21H2,(H,33,41)/t26?,29-/m0/s1. The van der Waals surface area contributed by atoms with Crippen LogP contribution in [0.2, 0.25) is 0 Å². The van der Waals surface area contributed by atoms with Crippen LogP contribution in [0, 0.1) is 12.3 Å². The van der Waals surface area contributed by atoms with Crippen molar-refractivity contribution in [1.29, 1.82) is 0 Å². The van der Waals surface area contributed by atoms with Gasteiger partial charge in [0.25, 0.3) is 0 Å². The molecule has 0 radical (unpaired) electrons. The van der Waals surface area contributed by atoms with E-state index < -0.39 is 18.2 Å². The quantitative estimate of drug-likeness (QED) is 0.412. The molecule has 0 aliphatic carbocycles. The number of hydrogen-bond donors (Lipinski definition) is 2. The molecule has 2 saturated heterocycles. The lowest BCUT2D eigenvalue weighted by Crippen LogP contribution is -2.76. The fraction of sp³-hybridized carbons (Fsp3) is 0.281. The van der Waals surface area contributed by atoms with Crippen molar-refractivity contribution in [3.05, 3.63) is 89.5 Å². The van der Waals surface area contributed by atoms with Crippen molar-refractivity contribution in [2.45, 2.75) is 31.7 Å². The van der Waals surface area contributed by atoms with Gasteiger partial charge in [-0.1, -0.05) is 54.5 Å². The van der Waals surface area contributed by atoms with Gasteiger partial charge < -0.3 is 29.7 Å². The number of urea groups is 1. The lowest BCUT2D eigenvalue weighted by atomic mass is 9.98. The third-order valence-corrected chi connectivity index (χ3v) is 7.77. The first-order valence-corrected chi connectivity index (χ1v) is 14.0. The Kier molecular flexibility index (Phi) is 7.77. The Morgan fingerprint density at radius 2 is 1.72 bits per heavy atom. The number of aromatic hydroxyl groups is 1. The van der Waals surface area contributed by atoms with Gasteiger partial charge in [-0.3, -0.25) is 9.59 Å². The highest BCUT2D eigenvalue weighted by atomic mass is 16.7. The van der Waals surface area contributed by atoms with Crippen molar-refractivity contribution >= 4 is 17.8 Å². The molecule has 0 spiro atoms. The van der Waals surface area contributed by atoms with Gasteiger partial charge in [-0.2, -0.15) is 5.01 Å². The molecule has 220 valence electrons. The number of phenols is 1. The zero-order valence-electron chi connectivity index (χ0n) is 23.4. The molecule has 3 aliphatic heterocycles. The highest BCUT2D eigenvalue weighted by molar-refractivity contribution is 5.91. The van der Waals surface area contributed by atoms with Gasteiger partial charge >= 0.3 is 6.03 Å². The highest BCUT2D eigenvalue weighted by Gasteiger charge is 2.51. The average Bonchev–Trinajstić information content (AvgIpc) is 3.48. The molecule has 2 fully saturated rings. The topological polar surface area (TPSA) is 115 Å². The molecule has 3 aliphatic rings. The van der Waals surface area contributed by atoms with Crippen molar-refractivity contribution < 1.29 is 29.0 Å². The van der Waals surface area contributed by atoms with Gasteiger partial charge in [-0.25, -0.2) is 9.80 Å². The number of carbonyl (C=O) groups excluding carboxylic acids is 3. The number of hydrogen-bond acceptors (Lipinski definition) is 7. The Balaban J connectivity index is 1.33. The first-order chi connectivity index (χ1) is 20.9. The lowest BCUT2D eigenvalue weighted by molar-refractivity contribution is -0.189. The van der Waals surface area contributed by atoms with E-state index in [1.54, 1.807) is 40.2 Å². The molecule has 11 heteroatoms. The van der Waals surface area contributed by atoms with Gasteiger partial charge in [0.15, 0.2) is 11.5 Å². The van der Waals surface area contributed by atoms with E-state index in [2.05, 4.69) is 11.2 Å². The SMILES string of the molecule is C#CCN1CC(=O)N2C(Cc3ccc(O)cc3)C(=O)N(Cc3ccc4c(c3)OCO4)C[C@@H]2N1C(=O)NCc1ccccc1. The number of amides is 4. The molecule has 3 aromatic rings. The Morgan fingerprint density at radius 1 is 0.977 bits per heavy atom. The Morgan fingerprint density at radius 3 is 2.49 bits per heavy atom. The van der Waals surface area contributed by atoms with Crippen molar-refractivity contribution in [2.24, 2.45) is 0 Å². The summed E-state index contributed by atoms with van der Waals surface area (Å²) in [6, 6.07) is 20.2. The molecule has 3 aromatic carbocycles. The Bertz CT molecular complexity index is 1560. The summed E-state index contributed by atoms with van der Waals surface area (Å²) in [7, 11) is 0. The van der Waals surface area contributed by atoms with Crippen LogP contribution in [-0.4, -0.2) is 81.4 Å². The normalized spacial score (nSPS) is 19.7. The monoisotopic (exact) mass is 581 g/mol. The molecule has 0 bridgehead atoms. The number of benzene rings is 3. The second-order valence-electron chi connectivity index (χ2n) is 10.6. The largest absolute Gasteiger partial charge is 0.508 e. The van der Waals surface area contributed by atoms with Crippen molar-refractivity contribution in [1.82, 2.24) is 25.1 Å². The molecule has 11 nitrogen and oxygen atoms in total. The highest BCUT2D eigenvalue weighted by Crippen LogP contribution is 2.34. The molecule has 3 heterocycles. The number of ether oxygens (including phenoxy) is 2. The van der Waals surface area contributed by atoms with Gasteiger partial charge in [-0.05, 0) is 41.0 Å². The third-order valence-electron chi connectivity index (χ3n) is 7.77. The van der Waals surface area contributed by atoms with E-state index in [4.69, 9.17) is 15.9 Å². The Labute approximate surface area is 249 Å². The van der Waals surface area contributed by atoms with E-state index in [0.717, 1.165) is 16.7 Å². The van der Waals surface area contributed by atoms with E-state index in [9.17, 15) is 19.5 Å². The molecule has 2 atom stereocenters. The van der Waals surface area contributed by atoms with Crippen LogP contribution < -0.4 is 14.8 Å². The summed E-state index contributed by atoms with van der Waals surface area (Å²) < 4.78 is 11.0. The first-order valence-electron chi connectivity index (χ1n) is 14.0. The van der Waals surface area contributed by atoms with Crippen molar-refractivity contribution in [3.63, 3.8) is 0 Å². The van der Waals surface area contributed by atoms with E-state index >= 15 is 0 Å². The summed E-state index contributed by atoms with van der Waals surface area (Å²) in [4.78, 5) is 44.7. The van der Waals surface area contributed by atoms with Crippen LogP contribution >= 0.6 is 0 Å². The number of terminal acetylenes is 1. The molecule has 0 aromatic heterocycles. The predicted octanol–water partition coefficient (Wildman–Crippen LogP) is 2.30. The maximum absolute atomic E-state index is 14.1. The number of nitrogens with zero attached hydrogens (tertiary/aromatic N) is 4. The molecule has 2 N–H and O–H groups in total. The molecule has 43 heavy (non-hydrogen) atoms. The minimum absolute atomic E-state index is 0.0353. The smallest absolute Gasteiger partial charge is 0.334 e. The van der Waals surface area contributed by atoms with Gasteiger partial charge in [-0.15, -0.1) is 6.42 Å². The minimum atomic E-state index is -0.887. The van der Waals surface area contributed by atoms with Crippen LogP contribution in [-0.2, 0) is 29.1 Å². The molecular formula is C32H31N5O6. The number of nitrogens with one attached hydrogen (secondary N) is 1. The molecular weight excluding hydrogens is 550 g/mol. The zero-order chi connectivity index (χ0) is 29.9. The predicted molar refractivity (Wildman–Crippen MR) is 155 cm³/mol. The average molecular weight is 582 g/mol. The Hall–Kier alpha value is -5.21. The summed E-state index contributed by atoms with van der Waals surface area (Å²) in [5.41, 5.74) is 2.49.